The molecular weight excluding hydrogens is 278 g/mol. The van der Waals surface area contributed by atoms with Crippen LogP contribution in [0.2, 0.25) is 0 Å². The molecule has 0 saturated carbocycles. The molecule has 0 radical (unpaired) electrons. The third-order valence-electron chi connectivity index (χ3n) is 3.28. The standard InChI is InChI=1S/C17H21N3O2/c1-10-6-7-12(8-11(10)2)13-9-14(19-16(22)18-13)15(21)20-17(3,4)5/h6-9H,1-5H3,(H,20,21)(H,18,19,22). The highest BCUT2D eigenvalue weighted by Gasteiger charge is 2.17. The van der Waals surface area contributed by atoms with Gasteiger partial charge in [0.15, 0.2) is 0 Å². The number of aryl methyl sites for hydroxylation is 2. The van der Waals surface area contributed by atoms with Crippen LogP contribution >= 0.6 is 0 Å². The normalized spacial score (nSPS) is 11.3. The Morgan fingerprint density at radius 3 is 2.41 bits per heavy atom. The van der Waals surface area contributed by atoms with Gasteiger partial charge in [-0.1, -0.05) is 12.1 Å². The molecule has 1 amide bonds. The lowest BCUT2D eigenvalue weighted by Gasteiger charge is -2.20. The first kappa shape index (κ1) is 15.9. The maximum Gasteiger partial charge on any atom is 0.346 e. The molecule has 5 heteroatoms. The Hall–Kier alpha value is -2.43. The lowest BCUT2D eigenvalue weighted by Crippen LogP contribution is -2.41. The molecule has 22 heavy (non-hydrogen) atoms. The van der Waals surface area contributed by atoms with Gasteiger partial charge in [-0.2, -0.15) is 4.98 Å². The van der Waals surface area contributed by atoms with Crippen molar-refractivity contribution in [3.8, 4) is 11.3 Å². The van der Waals surface area contributed by atoms with Crippen molar-refractivity contribution in [2.45, 2.75) is 40.2 Å². The molecule has 116 valence electrons. The molecule has 0 aliphatic heterocycles. The molecule has 1 heterocycles. The summed E-state index contributed by atoms with van der Waals surface area (Å²) in [7, 11) is 0. The van der Waals surface area contributed by atoms with Crippen molar-refractivity contribution < 1.29 is 4.79 Å². The monoisotopic (exact) mass is 299 g/mol. The van der Waals surface area contributed by atoms with Crippen molar-refractivity contribution in [1.82, 2.24) is 15.3 Å². The average Bonchev–Trinajstić information content (AvgIpc) is 2.39. The summed E-state index contributed by atoms with van der Waals surface area (Å²) in [5.74, 6) is -0.322. The van der Waals surface area contributed by atoms with E-state index in [1.165, 1.54) is 5.56 Å². The average molecular weight is 299 g/mol. The van der Waals surface area contributed by atoms with Crippen molar-refractivity contribution in [2.24, 2.45) is 0 Å². The zero-order valence-corrected chi connectivity index (χ0v) is 13.6. The summed E-state index contributed by atoms with van der Waals surface area (Å²) >= 11 is 0. The number of carbonyl (C=O) groups excluding carboxylic acids is 1. The maximum atomic E-state index is 12.2. The van der Waals surface area contributed by atoms with E-state index >= 15 is 0 Å². The van der Waals surface area contributed by atoms with Gasteiger partial charge in [0.1, 0.15) is 5.69 Å². The minimum absolute atomic E-state index is 0.211. The lowest BCUT2D eigenvalue weighted by molar-refractivity contribution is 0.0914. The molecule has 0 bridgehead atoms. The number of aromatic nitrogens is 2. The molecule has 5 nitrogen and oxygen atoms in total. The van der Waals surface area contributed by atoms with E-state index in [9.17, 15) is 9.59 Å². The summed E-state index contributed by atoms with van der Waals surface area (Å²) in [5.41, 5.74) is 2.89. The van der Waals surface area contributed by atoms with Crippen LogP contribution in [0.25, 0.3) is 11.3 Å². The molecule has 0 fully saturated rings. The van der Waals surface area contributed by atoms with Gasteiger partial charge in [0.2, 0.25) is 0 Å². The second-order valence-electron chi connectivity index (χ2n) is 6.49. The van der Waals surface area contributed by atoms with Crippen LogP contribution < -0.4 is 11.0 Å². The second kappa shape index (κ2) is 5.75. The molecule has 1 aromatic carbocycles. The summed E-state index contributed by atoms with van der Waals surface area (Å²) in [5, 5.41) is 2.82. The van der Waals surface area contributed by atoms with Gasteiger partial charge >= 0.3 is 5.69 Å². The molecule has 0 spiro atoms. The highest BCUT2D eigenvalue weighted by Crippen LogP contribution is 2.20. The van der Waals surface area contributed by atoms with Gasteiger partial charge in [-0.15, -0.1) is 0 Å². The minimum Gasteiger partial charge on any atom is -0.346 e. The predicted octanol–water partition coefficient (Wildman–Crippen LogP) is 2.58. The smallest absolute Gasteiger partial charge is 0.346 e. The molecule has 0 atom stereocenters. The Bertz CT molecular complexity index is 770. The summed E-state index contributed by atoms with van der Waals surface area (Å²) in [6, 6.07) is 7.44. The van der Waals surface area contributed by atoms with Crippen LogP contribution in [0.5, 0.6) is 0 Å². The van der Waals surface area contributed by atoms with Gasteiger partial charge < -0.3 is 10.3 Å². The molecule has 2 rings (SSSR count). The predicted molar refractivity (Wildman–Crippen MR) is 87.0 cm³/mol. The van der Waals surface area contributed by atoms with Gasteiger partial charge in [0.05, 0.1) is 5.69 Å². The fourth-order valence-electron chi connectivity index (χ4n) is 2.04. The number of hydrogen-bond acceptors (Lipinski definition) is 3. The first-order chi connectivity index (χ1) is 10.2. The number of carbonyl (C=O) groups is 1. The number of aromatic amines is 1. The molecule has 2 N–H and O–H groups in total. The van der Waals surface area contributed by atoms with Crippen molar-refractivity contribution in [3.05, 3.63) is 51.6 Å². The summed E-state index contributed by atoms with van der Waals surface area (Å²) in [6.45, 7) is 9.67. The third kappa shape index (κ3) is 3.81. The summed E-state index contributed by atoms with van der Waals surface area (Å²) in [6.07, 6.45) is 0. The van der Waals surface area contributed by atoms with E-state index in [1.807, 2.05) is 52.8 Å². The Morgan fingerprint density at radius 2 is 1.82 bits per heavy atom. The molecular formula is C17H21N3O2. The highest BCUT2D eigenvalue weighted by atomic mass is 16.2. The number of H-pyrrole nitrogens is 1. The van der Waals surface area contributed by atoms with Gasteiger partial charge in [0, 0.05) is 11.1 Å². The fraction of sp³-hybridized carbons (Fsp3) is 0.353. The largest absolute Gasteiger partial charge is 0.346 e. The van der Waals surface area contributed by atoms with Crippen LogP contribution in [-0.2, 0) is 0 Å². The van der Waals surface area contributed by atoms with Crippen LogP contribution in [-0.4, -0.2) is 21.4 Å². The van der Waals surface area contributed by atoms with Gasteiger partial charge in [-0.3, -0.25) is 4.79 Å². The number of rotatable bonds is 2. The minimum atomic E-state index is -0.533. The third-order valence-corrected chi connectivity index (χ3v) is 3.28. The first-order valence-electron chi connectivity index (χ1n) is 7.17. The maximum absolute atomic E-state index is 12.2. The zero-order chi connectivity index (χ0) is 16.5. The zero-order valence-electron chi connectivity index (χ0n) is 13.6. The molecule has 0 aliphatic rings. The first-order valence-corrected chi connectivity index (χ1v) is 7.17. The fourth-order valence-corrected chi connectivity index (χ4v) is 2.04. The Morgan fingerprint density at radius 1 is 1.14 bits per heavy atom. The van der Waals surface area contributed by atoms with Crippen LogP contribution in [0.1, 0.15) is 42.4 Å². The van der Waals surface area contributed by atoms with E-state index in [-0.39, 0.29) is 17.1 Å². The molecule has 1 aromatic heterocycles. The number of nitrogens with one attached hydrogen (secondary N) is 2. The quantitative estimate of drug-likeness (QED) is 0.895. The molecule has 2 aromatic rings. The van der Waals surface area contributed by atoms with Gasteiger partial charge in [-0.05, 0) is 57.9 Å². The van der Waals surface area contributed by atoms with E-state index in [0.717, 1.165) is 11.1 Å². The molecule has 0 unspecified atom stereocenters. The van der Waals surface area contributed by atoms with E-state index in [4.69, 9.17) is 0 Å². The van der Waals surface area contributed by atoms with Crippen molar-refractivity contribution in [3.63, 3.8) is 0 Å². The van der Waals surface area contributed by atoms with E-state index < -0.39 is 5.69 Å². The van der Waals surface area contributed by atoms with Gasteiger partial charge in [0.25, 0.3) is 5.91 Å². The Kier molecular flexibility index (Phi) is 4.17. The number of benzene rings is 1. The highest BCUT2D eigenvalue weighted by molar-refractivity contribution is 5.93. The van der Waals surface area contributed by atoms with E-state index in [1.54, 1.807) is 6.07 Å². The van der Waals surface area contributed by atoms with Gasteiger partial charge in [-0.25, -0.2) is 4.79 Å². The SMILES string of the molecule is Cc1ccc(-c2cc(C(=O)NC(C)(C)C)[nH]c(=O)n2)cc1C. The number of amides is 1. The van der Waals surface area contributed by atoms with Crippen LogP contribution in [0, 0.1) is 13.8 Å². The second-order valence-corrected chi connectivity index (χ2v) is 6.49. The van der Waals surface area contributed by atoms with E-state index in [0.29, 0.717) is 5.69 Å². The van der Waals surface area contributed by atoms with Crippen LogP contribution in [0.3, 0.4) is 0 Å². The van der Waals surface area contributed by atoms with Crippen molar-refractivity contribution >= 4 is 5.91 Å². The number of nitrogens with zero attached hydrogens (tertiary/aromatic N) is 1. The van der Waals surface area contributed by atoms with E-state index in [2.05, 4.69) is 15.3 Å². The van der Waals surface area contributed by atoms with Crippen molar-refractivity contribution in [2.75, 3.05) is 0 Å². The lowest BCUT2D eigenvalue weighted by atomic mass is 10.0. The Labute approximate surface area is 129 Å². The number of hydrogen-bond donors (Lipinski definition) is 2. The summed E-state index contributed by atoms with van der Waals surface area (Å²) < 4.78 is 0. The summed E-state index contributed by atoms with van der Waals surface area (Å²) in [4.78, 5) is 30.4. The van der Waals surface area contributed by atoms with Crippen molar-refractivity contribution in [1.29, 1.82) is 0 Å². The molecule has 0 saturated heterocycles. The topological polar surface area (TPSA) is 74.8 Å². The Balaban J connectivity index is 2.44. The van der Waals surface area contributed by atoms with Crippen LogP contribution in [0.4, 0.5) is 0 Å². The molecule has 0 aliphatic carbocycles. The van der Waals surface area contributed by atoms with Crippen LogP contribution in [0.15, 0.2) is 29.1 Å².